The van der Waals surface area contributed by atoms with E-state index in [4.69, 9.17) is 10.00 Å². The number of fused-ring (bicyclic) bond motifs is 1. The van der Waals surface area contributed by atoms with Gasteiger partial charge in [0.15, 0.2) is 6.61 Å². The first-order valence-electron chi connectivity index (χ1n) is 10.5. The lowest BCUT2D eigenvalue weighted by molar-refractivity contribution is 0.0955. The number of amides is 1. The Labute approximate surface area is 187 Å². The van der Waals surface area contributed by atoms with Crippen LogP contribution in [0.3, 0.4) is 0 Å². The molecule has 3 aromatic rings. The molecule has 4 rings (SSSR count). The van der Waals surface area contributed by atoms with Crippen LogP contribution in [0.2, 0.25) is 0 Å². The minimum atomic E-state index is -0.256. The van der Waals surface area contributed by atoms with Crippen LogP contribution < -0.4 is 10.2 Å². The number of carbonyl (C=O) groups excluding carboxylic acids is 1. The Balaban J connectivity index is 1.28. The molecule has 0 unspecified atom stereocenters. The van der Waals surface area contributed by atoms with Crippen LogP contribution in [0.1, 0.15) is 32.6 Å². The van der Waals surface area contributed by atoms with Crippen molar-refractivity contribution in [2.75, 3.05) is 13.2 Å². The van der Waals surface area contributed by atoms with Crippen LogP contribution in [-0.2, 0) is 19.5 Å². The van der Waals surface area contributed by atoms with Crippen molar-refractivity contribution in [3.63, 3.8) is 0 Å². The van der Waals surface area contributed by atoms with E-state index in [1.165, 1.54) is 16.7 Å². The van der Waals surface area contributed by atoms with Gasteiger partial charge in [0, 0.05) is 25.2 Å². The van der Waals surface area contributed by atoms with Gasteiger partial charge in [-0.25, -0.2) is 5.43 Å². The molecule has 1 aliphatic heterocycles. The third kappa shape index (κ3) is 5.60. The number of ether oxygens (including phenoxy) is 1. The SMILES string of the molecule is N#CCOc1ccc(/C=N/NC(=O)c2ccc(CN3CCc4ccccc4C3)cc2)cc1. The zero-order valence-electron chi connectivity index (χ0n) is 17.7. The quantitative estimate of drug-likeness (QED) is 0.461. The van der Waals surface area contributed by atoms with Gasteiger partial charge < -0.3 is 4.74 Å². The third-order valence-electron chi connectivity index (χ3n) is 5.40. The summed E-state index contributed by atoms with van der Waals surface area (Å²) in [5.74, 6) is 0.357. The Hall–Kier alpha value is -3.95. The highest BCUT2D eigenvalue weighted by molar-refractivity contribution is 5.94. The number of hydrogen-bond donors (Lipinski definition) is 1. The highest BCUT2D eigenvalue weighted by Gasteiger charge is 2.15. The molecular formula is C26H24N4O2. The van der Waals surface area contributed by atoms with Crippen LogP contribution in [0.15, 0.2) is 77.9 Å². The van der Waals surface area contributed by atoms with E-state index >= 15 is 0 Å². The minimum absolute atomic E-state index is 0.00821. The summed E-state index contributed by atoms with van der Waals surface area (Å²) in [5.41, 5.74) is 7.96. The molecule has 1 aliphatic rings. The van der Waals surface area contributed by atoms with Crippen LogP contribution in [-0.4, -0.2) is 30.2 Å². The lowest BCUT2D eigenvalue weighted by Crippen LogP contribution is -2.30. The number of carbonyl (C=O) groups is 1. The van der Waals surface area contributed by atoms with E-state index < -0.39 is 0 Å². The Bertz CT molecular complexity index is 1130. The Morgan fingerprint density at radius 2 is 1.81 bits per heavy atom. The average molecular weight is 425 g/mol. The van der Waals surface area contributed by atoms with Crippen molar-refractivity contribution in [1.29, 1.82) is 5.26 Å². The highest BCUT2D eigenvalue weighted by Crippen LogP contribution is 2.20. The normalized spacial score (nSPS) is 13.3. The smallest absolute Gasteiger partial charge is 0.271 e. The van der Waals surface area contributed by atoms with Crippen LogP contribution in [0.4, 0.5) is 0 Å². The first-order valence-corrected chi connectivity index (χ1v) is 10.5. The number of nitriles is 1. The molecule has 0 saturated heterocycles. The van der Waals surface area contributed by atoms with Gasteiger partial charge in [-0.2, -0.15) is 10.4 Å². The minimum Gasteiger partial charge on any atom is -0.479 e. The molecule has 1 heterocycles. The average Bonchev–Trinajstić information content (AvgIpc) is 2.84. The van der Waals surface area contributed by atoms with Crippen LogP contribution in [0, 0.1) is 11.3 Å². The van der Waals surface area contributed by atoms with Crippen LogP contribution in [0.25, 0.3) is 0 Å². The van der Waals surface area contributed by atoms with Crippen LogP contribution in [0.5, 0.6) is 5.75 Å². The van der Waals surface area contributed by atoms with E-state index in [0.717, 1.165) is 31.6 Å². The van der Waals surface area contributed by atoms with Gasteiger partial charge in [0.2, 0.25) is 0 Å². The van der Waals surface area contributed by atoms with Gasteiger partial charge in [-0.15, -0.1) is 0 Å². The van der Waals surface area contributed by atoms with Gasteiger partial charge in [0.1, 0.15) is 11.8 Å². The fourth-order valence-corrected chi connectivity index (χ4v) is 3.70. The van der Waals surface area contributed by atoms with E-state index in [1.54, 1.807) is 30.5 Å². The number of benzene rings is 3. The molecule has 0 fully saturated rings. The molecule has 160 valence electrons. The second-order valence-corrected chi connectivity index (χ2v) is 7.64. The predicted octanol–water partition coefficient (Wildman–Crippen LogP) is 3.91. The summed E-state index contributed by atoms with van der Waals surface area (Å²) >= 11 is 0. The topological polar surface area (TPSA) is 77.7 Å². The van der Waals surface area contributed by atoms with Crippen molar-refractivity contribution in [2.45, 2.75) is 19.5 Å². The second kappa shape index (κ2) is 10.4. The lowest BCUT2D eigenvalue weighted by Gasteiger charge is -2.28. The highest BCUT2D eigenvalue weighted by atomic mass is 16.5. The number of rotatable bonds is 7. The predicted molar refractivity (Wildman–Crippen MR) is 123 cm³/mol. The van der Waals surface area contributed by atoms with E-state index in [-0.39, 0.29) is 12.5 Å². The lowest BCUT2D eigenvalue weighted by atomic mass is 9.99. The summed E-state index contributed by atoms with van der Waals surface area (Å²) in [6.45, 7) is 2.87. The molecule has 32 heavy (non-hydrogen) atoms. The molecule has 0 bridgehead atoms. The number of nitrogens with zero attached hydrogens (tertiary/aromatic N) is 3. The fourth-order valence-electron chi connectivity index (χ4n) is 3.70. The Morgan fingerprint density at radius 3 is 2.56 bits per heavy atom. The molecule has 6 heteroatoms. The Kier molecular flexibility index (Phi) is 6.91. The summed E-state index contributed by atoms with van der Waals surface area (Å²) in [7, 11) is 0. The second-order valence-electron chi connectivity index (χ2n) is 7.64. The van der Waals surface area contributed by atoms with Gasteiger partial charge in [-0.1, -0.05) is 36.4 Å². The van der Waals surface area contributed by atoms with Gasteiger partial charge in [0.25, 0.3) is 5.91 Å². The maximum Gasteiger partial charge on any atom is 0.271 e. The van der Waals surface area contributed by atoms with Crippen molar-refractivity contribution in [3.05, 3.63) is 101 Å². The molecular weight excluding hydrogens is 400 g/mol. The van der Waals surface area contributed by atoms with Crippen molar-refractivity contribution >= 4 is 12.1 Å². The molecule has 0 radical (unpaired) electrons. The largest absolute Gasteiger partial charge is 0.479 e. The van der Waals surface area contributed by atoms with Gasteiger partial charge >= 0.3 is 0 Å². The molecule has 3 aromatic carbocycles. The van der Waals surface area contributed by atoms with E-state index in [0.29, 0.717) is 11.3 Å². The number of nitrogens with one attached hydrogen (secondary N) is 1. The van der Waals surface area contributed by atoms with Crippen molar-refractivity contribution < 1.29 is 9.53 Å². The third-order valence-corrected chi connectivity index (χ3v) is 5.40. The van der Waals surface area contributed by atoms with E-state index in [1.807, 2.05) is 30.3 Å². The van der Waals surface area contributed by atoms with E-state index in [9.17, 15) is 4.79 Å². The molecule has 6 nitrogen and oxygen atoms in total. The number of hydrogen-bond acceptors (Lipinski definition) is 5. The van der Waals surface area contributed by atoms with Crippen LogP contribution >= 0.6 is 0 Å². The first-order chi connectivity index (χ1) is 15.7. The summed E-state index contributed by atoms with van der Waals surface area (Å²) in [6.07, 6.45) is 2.64. The molecule has 1 amide bonds. The molecule has 0 saturated carbocycles. The fraction of sp³-hybridized carbons (Fsp3) is 0.192. The Morgan fingerprint density at radius 1 is 1.06 bits per heavy atom. The molecule has 0 aromatic heterocycles. The molecule has 0 atom stereocenters. The summed E-state index contributed by atoms with van der Waals surface area (Å²) in [4.78, 5) is 14.8. The number of hydrazone groups is 1. The molecule has 0 aliphatic carbocycles. The summed E-state index contributed by atoms with van der Waals surface area (Å²) in [5, 5.41) is 12.5. The van der Waals surface area contributed by atoms with Gasteiger partial charge in [0.05, 0.1) is 6.21 Å². The summed E-state index contributed by atoms with van der Waals surface area (Å²) in [6, 6.07) is 25.3. The zero-order chi connectivity index (χ0) is 22.2. The molecule has 0 spiro atoms. The van der Waals surface area contributed by atoms with Crippen molar-refractivity contribution in [2.24, 2.45) is 5.10 Å². The zero-order valence-corrected chi connectivity index (χ0v) is 17.7. The van der Waals surface area contributed by atoms with Gasteiger partial charge in [-0.05, 0) is 65.1 Å². The maximum atomic E-state index is 12.4. The summed E-state index contributed by atoms with van der Waals surface area (Å²) < 4.78 is 5.21. The van der Waals surface area contributed by atoms with E-state index in [2.05, 4.69) is 39.7 Å². The maximum absolute atomic E-state index is 12.4. The molecule has 1 N–H and O–H groups in total. The standard InChI is InChI=1S/C26H24N4O2/c27-14-16-32-25-11-7-20(8-12-25)17-28-29-26(31)23-9-5-21(6-10-23)18-30-15-13-22-3-1-2-4-24(22)19-30/h1-12,17H,13,15-16,18-19H2,(H,29,31)/b28-17+. The monoisotopic (exact) mass is 424 g/mol. The van der Waals surface area contributed by atoms with Crippen molar-refractivity contribution in [1.82, 2.24) is 10.3 Å². The first kappa shape index (κ1) is 21.3. The van der Waals surface area contributed by atoms with Crippen molar-refractivity contribution in [3.8, 4) is 11.8 Å². The van der Waals surface area contributed by atoms with Gasteiger partial charge in [-0.3, -0.25) is 9.69 Å².